The molecule has 0 spiro atoms. The van der Waals surface area contributed by atoms with Crippen LogP contribution in [-0.2, 0) is 19.4 Å². The smallest absolute Gasteiger partial charge is 0.340 e. The van der Waals surface area contributed by atoms with Crippen LogP contribution >= 0.6 is 23.2 Å². The number of hydrogen-bond acceptors (Lipinski definition) is 5. The molecule has 0 unspecified atom stereocenters. The highest BCUT2D eigenvalue weighted by molar-refractivity contribution is 7.91. The number of amides is 1. The van der Waals surface area contributed by atoms with Crippen molar-refractivity contribution in [1.29, 1.82) is 0 Å². The standard InChI is InChI=1S/C14H14Cl2FNO5S/c1-14(2-3-24(21,22)7-14)18-12(19)6-23-13(20)8-4-11(17)10(16)5-9(8)15/h4-5H,2-3,6-7H2,1H3,(H,18,19)/t14-/m1/s1. The third-order valence-corrected chi connectivity index (χ3v) is 6.01. The van der Waals surface area contributed by atoms with Crippen LogP contribution in [0.4, 0.5) is 4.39 Å². The Morgan fingerprint density at radius 3 is 2.58 bits per heavy atom. The Balaban J connectivity index is 1.95. The number of carbonyl (C=O) groups excluding carboxylic acids is 2. The third kappa shape index (κ3) is 4.58. The van der Waals surface area contributed by atoms with Crippen LogP contribution in [0.5, 0.6) is 0 Å². The van der Waals surface area contributed by atoms with Gasteiger partial charge in [0, 0.05) is 0 Å². The number of sulfone groups is 1. The molecule has 1 saturated heterocycles. The van der Waals surface area contributed by atoms with E-state index in [2.05, 4.69) is 5.32 Å². The number of halogens is 3. The Labute approximate surface area is 148 Å². The summed E-state index contributed by atoms with van der Waals surface area (Å²) in [5, 5.41) is 2.17. The summed E-state index contributed by atoms with van der Waals surface area (Å²) < 4.78 is 41.1. The molecule has 1 fully saturated rings. The topological polar surface area (TPSA) is 89.5 Å². The molecule has 24 heavy (non-hydrogen) atoms. The molecule has 1 heterocycles. The van der Waals surface area contributed by atoms with Crippen molar-refractivity contribution in [3.05, 3.63) is 33.6 Å². The lowest BCUT2D eigenvalue weighted by molar-refractivity contribution is -0.125. The van der Waals surface area contributed by atoms with Crippen molar-refractivity contribution in [3.8, 4) is 0 Å². The molecular weight excluding hydrogens is 384 g/mol. The molecule has 1 aliphatic rings. The normalized spacial score (nSPS) is 22.2. The molecule has 0 saturated carbocycles. The van der Waals surface area contributed by atoms with Gasteiger partial charge in [-0.2, -0.15) is 0 Å². The van der Waals surface area contributed by atoms with E-state index in [-0.39, 0.29) is 33.5 Å². The van der Waals surface area contributed by atoms with Crippen molar-refractivity contribution in [2.45, 2.75) is 18.9 Å². The predicted molar refractivity (Wildman–Crippen MR) is 86.5 cm³/mol. The van der Waals surface area contributed by atoms with Crippen LogP contribution in [-0.4, -0.2) is 43.9 Å². The highest BCUT2D eigenvalue weighted by Crippen LogP contribution is 2.25. The molecule has 0 bridgehead atoms. The zero-order valence-corrected chi connectivity index (χ0v) is 14.9. The lowest BCUT2D eigenvalue weighted by Gasteiger charge is -2.23. The van der Waals surface area contributed by atoms with Crippen LogP contribution in [0.2, 0.25) is 10.0 Å². The van der Waals surface area contributed by atoms with Crippen molar-refractivity contribution in [3.63, 3.8) is 0 Å². The maximum absolute atomic E-state index is 13.4. The van der Waals surface area contributed by atoms with Crippen LogP contribution in [0.15, 0.2) is 12.1 Å². The monoisotopic (exact) mass is 397 g/mol. The summed E-state index contributed by atoms with van der Waals surface area (Å²) in [6, 6.07) is 1.87. The van der Waals surface area contributed by atoms with E-state index in [0.717, 1.165) is 12.1 Å². The van der Waals surface area contributed by atoms with E-state index in [1.807, 2.05) is 0 Å². The highest BCUT2D eigenvalue weighted by Gasteiger charge is 2.39. The number of hydrogen-bond donors (Lipinski definition) is 1. The average Bonchev–Trinajstić information content (AvgIpc) is 2.73. The quantitative estimate of drug-likeness (QED) is 0.619. The molecule has 0 radical (unpaired) electrons. The van der Waals surface area contributed by atoms with E-state index >= 15 is 0 Å². The number of benzene rings is 1. The molecule has 1 aliphatic heterocycles. The van der Waals surface area contributed by atoms with Gasteiger partial charge in [0.15, 0.2) is 16.4 Å². The lowest BCUT2D eigenvalue weighted by Crippen LogP contribution is -2.48. The van der Waals surface area contributed by atoms with Gasteiger partial charge in [0.05, 0.1) is 32.7 Å². The van der Waals surface area contributed by atoms with E-state index < -0.39 is 39.7 Å². The lowest BCUT2D eigenvalue weighted by atomic mass is 10.0. The first-order chi connectivity index (χ1) is 11.0. The summed E-state index contributed by atoms with van der Waals surface area (Å²) in [5.41, 5.74) is -1.16. The van der Waals surface area contributed by atoms with Gasteiger partial charge in [-0.25, -0.2) is 17.6 Å². The fourth-order valence-corrected chi connectivity index (χ4v) is 4.92. The van der Waals surface area contributed by atoms with Gasteiger partial charge < -0.3 is 10.1 Å². The van der Waals surface area contributed by atoms with Crippen molar-refractivity contribution in [1.82, 2.24) is 5.32 Å². The van der Waals surface area contributed by atoms with E-state index in [1.165, 1.54) is 0 Å². The first kappa shape index (κ1) is 19.0. The van der Waals surface area contributed by atoms with E-state index in [4.69, 9.17) is 27.9 Å². The zero-order valence-electron chi connectivity index (χ0n) is 12.6. The van der Waals surface area contributed by atoms with E-state index in [1.54, 1.807) is 6.92 Å². The Morgan fingerprint density at radius 1 is 1.33 bits per heavy atom. The minimum absolute atomic E-state index is 0.0107. The molecule has 6 nitrogen and oxygen atoms in total. The molecule has 1 aromatic carbocycles. The van der Waals surface area contributed by atoms with Crippen LogP contribution in [0.25, 0.3) is 0 Å². The second-order valence-electron chi connectivity index (χ2n) is 5.77. The van der Waals surface area contributed by atoms with Crippen molar-refractivity contribution in [2.24, 2.45) is 0 Å². The number of nitrogens with one attached hydrogen (secondary N) is 1. The van der Waals surface area contributed by atoms with Crippen LogP contribution in [0.1, 0.15) is 23.7 Å². The van der Waals surface area contributed by atoms with Crippen molar-refractivity contribution < 1.29 is 27.1 Å². The molecule has 1 atom stereocenters. The van der Waals surface area contributed by atoms with Crippen LogP contribution in [0, 0.1) is 5.82 Å². The average molecular weight is 398 g/mol. The largest absolute Gasteiger partial charge is 0.452 e. The summed E-state index contributed by atoms with van der Waals surface area (Å²) in [4.78, 5) is 23.7. The van der Waals surface area contributed by atoms with Gasteiger partial charge in [-0.15, -0.1) is 0 Å². The van der Waals surface area contributed by atoms with Gasteiger partial charge in [0.25, 0.3) is 5.91 Å². The summed E-state index contributed by atoms with van der Waals surface area (Å²) in [6.45, 7) is 0.956. The van der Waals surface area contributed by atoms with Crippen LogP contribution < -0.4 is 5.32 Å². The van der Waals surface area contributed by atoms with E-state index in [9.17, 15) is 22.4 Å². The first-order valence-electron chi connectivity index (χ1n) is 6.84. The second kappa shape index (κ2) is 6.85. The summed E-state index contributed by atoms with van der Waals surface area (Å²) >= 11 is 11.3. The number of ether oxygens (including phenoxy) is 1. The molecule has 0 aromatic heterocycles. The molecule has 2 rings (SSSR count). The maximum Gasteiger partial charge on any atom is 0.340 e. The molecule has 1 aromatic rings. The van der Waals surface area contributed by atoms with Gasteiger partial charge in [-0.1, -0.05) is 23.2 Å². The first-order valence-corrected chi connectivity index (χ1v) is 9.42. The highest BCUT2D eigenvalue weighted by atomic mass is 35.5. The number of rotatable bonds is 4. The van der Waals surface area contributed by atoms with Crippen molar-refractivity contribution in [2.75, 3.05) is 18.1 Å². The van der Waals surface area contributed by atoms with E-state index in [0.29, 0.717) is 0 Å². The summed E-state index contributed by atoms with van der Waals surface area (Å²) in [6.07, 6.45) is 0.281. The Morgan fingerprint density at radius 2 is 2.00 bits per heavy atom. The molecule has 1 amide bonds. The summed E-state index contributed by atoms with van der Waals surface area (Å²) in [5.74, 6) is -2.68. The van der Waals surface area contributed by atoms with Gasteiger partial charge in [0.2, 0.25) is 0 Å². The van der Waals surface area contributed by atoms with Gasteiger partial charge in [0.1, 0.15) is 5.82 Å². The fraction of sp³-hybridized carbons (Fsp3) is 0.429. The van der Waals surface area contributed by atoms with Gasteiger partial charge in [-0.3, -0.25) is 4.79 Å². The molecule has 1 N–H and O–H groups in total. The van der Waals surface area contributed by atoms with Gasteiger partial charge >= 0.3 is 5.97 Å². The molecule has 10 heteroatoms. The Kier molecular flexibility index (Phi) is 5.41. The number of carbonyl (C=O) groups is 2. The fourth-order valence-electron chi connectivity index (χ4n) is 2.37. The van der Waals surface area contributed by atoms with Gasteiger partial charge in [-0.05, 0) is 25.5 Å². The molecular formula is C14H14Cl2FNO5S. The maximum atomic E-state index is 13.4. The molecule has 132 valence electrons. The minimum atomic E-state index is -3.18. The van der Waals surface area contributed by atoms with Crippen LogP contribution in [0.3, 0.4) is 0 Å². The van der Waals surface area contributed by atoms with Crippen molar-refractivity contribution >= 4 is 44.9 Å². The Hall–Kier alpha value is -1.38. The third-order valence-electron chi connectivity index (χ3n) is 3.51. The zero-order chi connectivity index (χ0) is 18.1. The Bertz CT molecular complexity index is 799. The number of esters is 1. The SMILES string of the molecule is C[C@@]1(NC(=O)COC(=O)c2cc(F)c(Cl)cc2Cl)CCS(=O)(=O)C1. The molecule has 0 aliphatic carbocycles. The minimum Gasteiger partial charge on any atom is -0.452 e. The second-order valence-corrected chi connectivity index (χ2v) is 8.77. The summed E-state index contributed by atoms with van der Waals surface area (Å²) in [7, 11) is -3.18. The predicted octanol–water partition coefficient (Wildman–Crippen LogP) is 1.98.